The van der Waals surface area contributed by atoms with Gasteiger partial charge in [-0.25, -0.2) is 8.42 Å². The van der Waals surface area contributed by atoms with E-state index in [4.69, 9.17) is 9.47 Å². The van der Waals surface area contributed by atoms with Crippen molar-refractivity contribution in [3.63, 3.8) is 0 Å². The van der Waals surface area contributed by atoms with Crippen molar-refractivity contribution in [1.29, 1.82) is 0 Å². The third-order valence-electron chi connectivity index (χ3n) is 6.90. The monoisotopic (exact) mass is 548 g/mol. The van der Waals surface area contributed by atoms with Crippen LogP contribution in [0.3, 0.4) is 0 Å². The van der Waals surface area contributed by atoms with Gasteiger partial charge in [-0.2, -0.15) is 4.31 Å². The van der Waals surface area contributed by atoms with Crippen molar-refractivity contribution in [3.8, 4) is 23.3 Å². The van der Waals surface area contributed by atoms with E-state index in [0.717, 1.165) is 12.1 Å². The lowest BCUT2D eigenvalue weighted by atomic mass is 10.0. The number of para-hydroxylation sites is 1. The highest BCUT2D eigenvalue weighted by atomic mass is 32.2. The Labute approximate surface area is 232 Å². The molecular formula is C31H36N2O5S. The van der Waals surface area contributed by atoms with Gasteiger partial charge in [0.05, 0.1) is 19.3 Å². The summed E-state index contributed by atoms with van der Waals surface area (Å²) in [5, 5.41) is 9.88. The summed E-state index contributed by atoms with van der Waals surface area (Å²) in [6.07, 6.45) is -0.293. The molecule has 0 saturated heterocycles. The van der Waals surface area contributed by atoms with E-state index in [1.165, 1.54) is 9.87 Å². The van der Waals surface area contributed by atoms with Crippen molar-refractivity contribution in [2.75, 3.05) is 33.9 Å². The van der Waals surface area contributed by atoms with Gasteiger partial charge in [0.2, 0.25) is 10.0 Å². The summed E-state index contributed by atoms with van der Waals surface area (Å²) in [5.74, 6) is 7.04. The van der Waals surface area contributed by atoms with Crippen LogP contribution in [0.25, 0.3) is 0 Å². The molecule has 1 aliphatic rings. The third-order valence-corrected chi connectivity index (χ3v) is 8.92. The van der Waals surface area contributed by atoms with E-state index in [1.807, 2.05) is 56.4 Å². The fourth-order valence-corrected chi connectivity index (χ4v) is 6.50. The molecule has 3 aromatic rings. The first-order valence-electron chi connectivity index (χ1n) is 13.0. The van der Waals surface area contributed by atoms with E-state index >= 15 is 0 Å². The van der Waals surface area contributed by atoms with Gasteiger partial charge in [0, 0.05) is 37.2 Å². The molecule has 0 fully saturated rings. The topological polar surface area (TPSA) is 79.3 Å². The average molecular weight is 549 g/mol. The number of likely N-dealkylation sites (N-methyl/N-ethyl adjacent to an activating group) is 1. The molecule has 3 aromatic carbocycles. The number of nitrogens with zero attached hydrogens (tertiary/aromatic N) is 2. The number of fused-ring (bicyclic) bond motifs is 1. The van der Waals surface area contributed by atoms with Crippen molar-refractivity contribution < 1.29 is 23.0 Å². The van der Waals surface area contributed by atoms with Crippen LogP contribution in [0.5, 0.6) is 11.5 Å². The molecule has 1 N–H and O–H groups in total. The summed E-state index contributed by atoms with van der Waals surface area (Å²) in [4.78, 5) is 2.26. The van der Waals surface area contributed by atoms with Gasteiger partial charge in [-0.1, -0.05) is 61.2 Å². The van der Waals surface area contributed by atoms with Gasteiger partial charge in [-0.15, -0.1) is 0 Å². The van der Waals surface area contributed by atoms with Crippen LogP contribution in [0, 0.1) is 17.8 Å². The van der Waals surface area contributed by atoms with Gasteiger partial charge >= 0.3 is 0 Å². The summed E-state index contributed by atoms with van der Waals surface area (Å²) in [5.41, 5.74) is 2.55. The molecule has 0 bridgehead atoms. The molecule has 0 radical (unpaired) electrons. The van der Waals surface area contributed by atoms with E-state index in [-0.39, 0.29) is 35.8 Å². The Kier molecular flexibility index (Phi) is 9.31. The van der Waals surface area contributed by atoms with Gasteiger partial charge in [0.15, 0.2) is 0 Å². The molecule has 0 amide bonds. The number of aliphatic hydroxyl groups is 1. The van der Waals surface area contributed by atoms with Crippen LogP contribution in [0.1, 0.15) is 30.5 Å². The maximum atomic E-state index is 13.7. The Morgan fingerprint density at radius 1 is 1.10 bits per heavy atom. The lowest BCUT2D eigenvalue weighted by Crippen LogP contribution is -2.49. The van der Waals surface area contributed by atoms with Gasteiger partial charge in [-0.05, 0) is 49.9 Å². The maximum Gasteiger partial charge on any atom is 0.247 e. The second-order valence-corrected chi connectivity index (χ2v) is 11.9. The van der Waals surface area contributed by atoms with Crippen molar-refractivity contribution in [3.05, 3.63) is 89.5 Å². The van der Waals surface area contributed by atoms with Gasteiger partial charge in [-0.3, -0.25) is 4.90 Å². The molecule has 1 heterocycles. The predicted molar refractivity (Wildman–Crippen MR) is 152 cm³/mol. The molecule has 4 rings (SSSR count). The largest absolute Gasteiger partial charge is 0.495 e. The van der Waals surface area contributed by atoms with Gasteiger partial charge in [0.1, 0.15) is 22.5 Å². The Morgan fingerprint density at radius 2 is 1.82 bits per heavy atom. The SMILES string of the molecule is COc1ccccc1C#Cc1ccc2c(c1)O[C@H](CN(C)Cc1ccccc1)[C@H](C)CN([C@H](C)CO)S2(=O)=O. The number of aliphatic hydroxyl groups excluding tert-OH is 1. The van der Waals surface area contributed by atoms with Crippen molar-refractivity contribution >= 4 is 10.0 Å². The number of rotatable bonds is 7. The summed E-state index contributed by atoms with van der Waals surface area (Å²) in [7, 11) is -0.288. The number of benzene rings is 3. The highest BCUT2D eigenvalue weighted by Gasteiger charge is 2.38. The molecule has 39 heavy (non-hydrogen) atoms. The van der Waals surface area contributed by atoms with Crippen LogP contribution in [-0.4, -0.2) is 68.7 Å². The molecule has 0 aliphatic carbocycles. The molecule has 0 aromatic heterocycles. The number of methoxy groups -OCH3 is 1. The molecule has 0 saturated carbocycles. The van der Waals surface area contributed by atoms with E-state index in [1.54, 1.807) is 32.2 Å². The minimum atomic E-state index is -3.92. The minimum Gasteiger partial charge on any atom is -0.495 e. The molecule has 0 spiro atoms. The Balaban J connectivity index is 1.71. The molecule has 0 unspecified atom stereocenters. The predicted octanol–water partition coefficient (Wildman–Crippen LogP) is 4.00. The number of hydrogen-bond donors (Lipinski definition) is 1. The standard InChI is InChI=1S/C31H36N2O5S/c1-23-19-33(24(2)22-34)39(35,36)31-17-15-25(14-16-27-12-8-9-13-28(27)37-4)18-29(31)38-30(23)21-32(3)20-26-10-6-5-7-11-26/h5-13,15,17-18,23-24,30,34H,19-22H2,1-4H3/t23-,24-,30-/m1/s1. The summed E-state index contributed by atoms with van der Waals surface area (Å²) in [6, 6.07) is 22.0. The van der Waals surface area contributed by atoms with E-state index in [2.05, 4.69) is 28.9 Å². The first kappa shape index (κ1) is 28.7. The second-order valence-electron chi connectivity index (χ2n) is 10.0. The smallest absolute Gasteiger partial charge is 0.247 e. The van der Waals surface area contributed by atoms with Gasteiger partial charge < -0.3 is 14.6 Å². The first-order chi connectivity index (χ1) is 18.7. The van der Waals surface area contributed by atoms with Crippen molar-refractivity contribution in [1.82, 2.24) is 9.21 Å². The Hall–Kier alpha value is -3.35. The fraction of sp³-hybridized carbons (Fsp3) is 0.355. The summed E-state index contributed by atoms with van der Waals surface area (Å²) in [6.45, 7) is 5.00. The molecule has 8 heteroatoms. The molecule has 206 valence electrons. The molecule has 1 aliphatic heterocycles. The zero-order valence-corrected chi connectivity index (χ0v) is 23.7. The average Bonchev–Trinajstić information content (AvgIpc) is 2.94. The van der Waals surface area contributed by atoms with Crippen LogP contribution in [0.4, 0.5) is 0 Å². The van der Waals surface area contributed by atoms with Crippen LogP contribution in [-0.2, 0) is 16.6 Å². The highest BCUT2D eigenvalue weighted by molar-refractivity contribution is 7.89. The molecular weight excluding hydrogens is 512 g/mol. The normalized spacial score (nSPS) is 19.5. The number of sulfonamides is 1. The summed E-state index contributed by atoms with van der Waals surface area (Å²) >= 11 is 0. The Bertz CT molecular complexity index is 1430. The number of ether oxygens (including phenoxy) is 2. The van der Waals surface area contributed by atoms with Gasteiger partial charge in [0.25, 0.3) is 0 Å². The van der Waals surface area contributed by atoms with E-state index in [0.29, 0.717) is 17.9 Å². The van der Waals surface area contributed by atoms with E-state index in [9.17, 15) is 13.5 Å². The fourth-order valence-electron chi connectivity index (χ4n) is 4.68. The molecule has 7 nitrogen and oxygen atoms in total. The quantitative estimate of drug-likeness (QED) is 0.450. The van der Waals surface area contributed by atoms with Crippen molar-refractivity contribution in [2.45, 2.75) is 37.4 Å². The van der Waals surface area contributed by atoms with Crippen molar-refractivity contribution in [2.24, 2.45) is 5.92 Å². The zero-order chi connectivity index (χ0) is 28.0. The van der Waals surface area contributed by atoms with Crippen LogP contribution < -0.4 is 9.47 Å². The van der Waals surface area contributed by atoms with Crippen LogP contribution in [0.15, 0.2) is 77.7 Å². The lowest BCUT2D eigenvalue weighted by Gasteiger charge is -2.37. The Morgan fingerprint density at radius 3 is 2.54 bits per heavy atom. The summed E-state index contributed by atoms with van der Waals surface area (Å²) < 4.78 is 40.8. The first-order valence-corrected chi connectivity index (χ1v) is 14.5. The van der Waals surface area contributed by atoms with Crippen LogP contribution in [0.2, 0.25) is 0 Å². The zero-order valence-electron chi connectivity index (χ0n) is 22.9. The van der Waals surface area contributed by atoms with E-state index < -0.39 is 16.1 Å². The number of hydrogen-bond acceptors (Lipinski definition) is 6. The molecule has 3 atom stereocenters. The maximum absolute atomic E-state index is 13.7. The second kappa shape index (κ2) is 12.7. The minimum absolute atomic E-state index is 0.0771. The van der Waals surface area contributed by atoms with Crippen LogP contribution >= 0.6 is 0 Å². The third kappa shape index (κ3) is 6.81. The lowest BCUT2D eigenvalue weighted by molar-refractivity contribution is 0.0733. The highest BCUT2D eigenvalue weighted by Crippen LogP contribution is 2.34.